The molecule has 0 bridgehead atoms. The minimum atomic E-state index is -0.418. The standard InChI is InChI=1S/C23H36N2O4.2CH2O/c1-5-6-7-8-9-10-13-27-17-24-21-12-11-20(4)22(16-21)25-18-28-14-15-29-23(26)19(2)3;2*1-2/h11-12,16,18,24H,2,5-10,13-15,17H2,1,3-4H3;2*1H2. The smallest absolute Gasteiger partial charge is 0.333 e. The molecule has 0 saturated heterocycles. The van der Waals surface area contributed by atoms with Gasteiger partial charge in [-0.15, -0.1) is 0 Å². The predicted octanol–water partition coefficient (Wildman–Crippen LogP) is 5.17. The van der Waals surface area contributed by atoms with Crippen molar-refractivity contribution in [1.29, 1.82) is 0 Å². The summed E-state index contributed by atoms with van der Waals surface area (Å²) in [6, 6.07) is 5.95. The highest BCUT2D eigenvalue weighted by Gasteiger charge is 2.02. The van der Waals surface area contributed by atoms with Crippen LogP contribution in [0.2, 0.25) is 0 Å². The Bertz CT molecular complexity index is 677. The molecule has 1 aromatic rings. The van der Waals surface area contributed by atoms with Gasteiger partial charge in [0, 0.05) is 17.9 Å². The van der Waals surface area contributed by atoms with Crippen molar-refractivity contribution in [3.05, 3.63) is 35.9 Å². The van der Waals surface area contributed by atoms with Crippen molar-refractivity contribution in [2.75, 3.05) is 31.9 Å². The Balaban J connectivity index is 0. The zero-order chi connectivity index (χ0) is 25.3. The van der Waals surface area contributed by atoms with E-state index in [0.29, 0.717) is 12.3 Å². The van der Waals surface area contributed by atoms with E-state index < -0.39 is 5.97 Å². The Morgan fingerprint density at radius 3 is 2.36 bits per heavy atom. The van der Waals surface area contributed by atoms with Gasteiger partial charge in [0.1, 0.15) is 33.5 Å². The van der Waals surface area contributed by atoms with E-state index in [9.17, 15) is 4.79 Å². The molecule has 33 heavy (non-hydrogen) atoms. The largest absolute Gasteiger partial charge is 0.480 e. The van der Waals surface area contributed by atoms with E-state index in [0.717, 1.165) is 30.0 Å². The highest BCUT2D eigenvalue weighted by molar-refractivity contribution is 5.86. The van der Waals surface area contributed by atoms with Gasteiger partial charge in [0.15, 0.2) is 6.40 Å². The van der Waals surface area contributed by atoms with Crippen LogP contribution in [0.3, 0.4) is 0 Å². The number of benzene rings is 1. The summed E-state index contributed by atoms with van der Waals surface area (Å²) in [6.07, 6.45) is 8.93. The van der Waals surface area contributed by atoms with Crippen LogP contribution in [0.15, 0.2) is 35.3 Å². The zero-order valence-corrected chi connectivity index (χ0v) is 20.4. The van der Waals surface area contributed by atoms with E-state index in [4.69, 9.17) is 23.8 Å². The molecular formula is C25H40N2O6. The predicted molar refractivity (Wildman–Crippen MR) is 133 cm³/mol. The third-order valence-corrected chi connectivity index (χ3v) is 4.28. The summed E-state index contributed by atoms with van der Waals surface area (Å²) in [7, 11) is 0. The number of unbranched alkanes of at least 4 members (excludes halogenated alkanes) is 5. The van der Waals surface area contributed by atoms with Gasteiger partial charge in [-0.2, -0.15) is 0 Å². The average molecular weight is 465 g/mol. The second kappa shape index (κ2) is 23.7. The maximum Gasteiger partial charge on any atom is 0.333 e. The zero-order valence-electron chi connectivity index (χ0n) is 20.4. The Morgan fingerprint density at radius 2 is 1.70 bits per heavy atom. The lowest BCUT2D eigenvalue weighted by Gasteiger charge is -2.09. The highest BCUT2D eigenvalue weighted by atomic mass is 16.6. The van der Waals surface area contributed by atoms with Crippen LogP contribution in [0.25, 0.3) is 0 Å². The fourth-order valence-corrected chi connectivity index (χ4v) is 2.50. The Kier molecular flexibility index (Phi) is 23.1. The molecule has 0 spiro atoms. The van der Waals surface area contributed by atoms with Gasteiger partial charge < -0.3 is 29.1 Å². The Hall–Kier alpha value is -3.00. The van der Waals surface area contributed by atoms with Crippen LogP contribution in [0, 0.1) is 6.92 Å². The van der Waals surface area contributed by atoms with Crippen LogP contribution in [0.4, 0.5) is 11.4 Å². The van der Waals surface area contributed by atoms with Crippen LogP contribution in [-0.2, 0) is 28.6 Å². The number of anilines is 1. The molecule has 1 N–H and O–H groups in total. The number of nitrogens with one attached hydrogen (secondary N) is 1. The molecule has 0 amide bonds. The highest BCUT2D eigenvalue weighted by Crippen LogP contribution is 2.22. The minimum Gasteiger partial charge on any atom is -0.480 e. The molecule has 8 heteroatoms. The first-order valence-electron chi connectivity index (χ1n) is 11.0. The molecule has 0 heterocycles. The first kappa shape index (κ1) is 32.2. The van der Waals surface area contributed by atoms with Crippen LogP contribution in [-0.4, -0.2) is 52.5 Å². The Morgan fingerprint density at radius 1 is 1.03 bits per heavy atom. The average Bonchev–Trinajstić information content (AvgIpc) is 2.84. The van der Waals surface area contributed by atoms with Crippen LogP contribution >= 0.6 is 0 Å². The molecule has 0 fully saturated rings. The van der Waals surface area contributed by atoms with Gasteiger partial charge in [0.05, 0.1) is 5.69 Å². The minimum absolute atomic E-state index is 0.161. The molecule has 1 aromatic carbocycles. The molecule has 0 aliphatic rings. The molecule has 186 valence electrons. The van der Waals surface area contributed by atoms with Crippen LogP contribution in [0.1, 0.15) is 57.9 Å². The number of esters is 1. The lowest BCUT2D eigenvalue weighted by molar-refractivity contribution is -0.139. The first-order valence-corrected chi connectivity index (χ1v) is 11.0. The summed E-state index contributed by atoms with van der Waals surface area (Å²) in [5.74, 6) is -0.418. The summed E-state index contributed by atoms with van der Waals surface area (Å²) >= 11 is 0. The molecule has 0 aliphatic carbocycles. The van der Waals surface area contributed by atoms with Crippen molar-refractivity contribution in [2.24, 2.45) is 4.99 Å². The van der Waals surface area contributed by atoms with E-state index in [1.54, 1.807) is 6.92 Å². The van der Waals surface area contributed by atoms with Gasteiger partial charge in [-0.25, -0.2) is 9.79 Å². The molecule has 8 nitrogen and oxygen atoms in total. The van der Waals surface area contributed by atoms with Crippen molar-refractivity contribution in [3.8, 4) is 0 Å². The quantitative estimate of drug-likeness (QED) is 0.0899. The van der Waals surface area contributed by atoms with E-state index in [1.807, 2.05) is 38.7 Å². The number of carbonyl (C=O) groups excluding carboxylic acids is 3. The molecule has 0 saturated carbocycles. The molecule has 0 aromatic heterocycles. The first-order chi connectivity index (χ1) is 16.0. The molecule has 0 aliphatic heterocycles. The van der Waals surface area contributed by atoms with E-state index in [-0.39, 0.29) is 13.2 Å². The number of hydrogen-bond acceptors (Lipinski definition) is 8. The summed E-state index contributed by atoms with van der Waals surface area (Å²) in [5.41, 5.74) is 3.16. The van der Waals surface area contributed by atoms with Gasteiger partial charge in [0.25, 0.3) is 0 Å². The number of aliphatic imine (C=N–C) groups is 1. The molecule has 1 rings (SSSR count). The van der Waals surface area contributed by atoms with Crippen molar-refractivity contribution in [3.63, 3.8) is 0 Å². The van der Waals surface area contributed by atoms with E-state index >= 15 is 0 Å². The topological polar surface area (TPSA) is 103 Å². The lowest BCUT2D eigenvalue weighted by Crippen LogP contribution is -2.10. The van der Waals surface area contributed by atoms with Gasteiger partial charge in [-0.05, 0) is 38.0 Å². The number of rotatable bonds is 16. The maximum atomic E-state index is 11.2. The number of carbonyl (C=O) groups is 3. The third-order valence-electron chi connectivity index (χ3n) is 4.28. The normalized spacial score (nSPS) is 9.79. The van der Waals surface area contributed by atoms with Crippen molar-refractivity contribution in [2.45, 2.75) is 59.3 Å². The van der Waals surface area contributed by atoms with E-state index in [2.05, 4.69) is 23.8 Å². The van der Waals surface area contributed by atoms with Gasteiger partial charge in [0.2, 0.25) is 0 Å². The summed E-state index contributed by atoms with van der Waals surface area (Å²) in [4.78, 5) is 31.6. The van der Waals surface area contributed by atoms with Crippen LogP contribution < -0.4 is 5.32 Å². The molecule has 0 unspecified atom stereocenters. The monoisotopic (exact) mass is 464 g/mol. The molecular weight excluding hydrogens is 424 g/mol. The fraction of sp³-hybridized carbons (Fsp3) is 0.520. The summed E-state index contributed by atoms with van der Waals surface area (Å²) in [6.45, 7) is 15.0. The Labute approximate surface area is 198 Å². The SMILES string of the molecule is C=C(C)C(=O)OCCOC=Nc1cc(NCOCCCCCCCC)ccc1C.C=O.C=O. The molecule has 0 atom stereocenters. The van der Waals surface area contributed by atoms with E-state index in [1.165, 1.54) is 38.5 Å². The summed E-state index contributed by atoms with van der Waals surface area (Å²) in [5, 5.41) is 3.25. The number of aryl methyl sites for hydroxylation is 1. The number of hydrogen-bond donors (Lipinski definition) is 1. The van der Waals surface area contributed by atoms with Crippen LogP contribution in [0.5, 0.6) is 0 Å². The van der Waals surface area contributed by atoms with Gasteiger partial charge >= 0.3 is 5.97 Å². The summed E-state index contributed by atoms with van der Waals surface area (Å²) < 4.78 is 15.9. The maximum absolute atomic E-state index is 11.2. The molecule has 0 radical (unpaired) electrons. The van der Waals surface area contributed by atoms with Crippen molar-refractivity contribution in [1.82, 2.24) is 0 Å². The van der Waals surface area contributed by atoms with Gasteiger partial charge in [-0.3, -0.25) is 0 Å². The van der Waals surface area contributed by atoms with Gasteiger partial charge in [-0.1, -0.05) is 51.7 Å². The number of nitrogens with zero attached hydrogens (tertiary/aromatic N) is 1. The van der Waals surface area contributed by atoms with Crippen molar-refractivity contribution >= 4 is 37.3 Å². The fourth-order valence-electron chi connectivity index (χ4n) is 2.50. The second-order valence-corrected chi connectivity index (χ2v) is 7.02. The third kappa shape index (κ3) is 18.3. The second-order valence-electron chi connectivity index (χ2n) is 7.02. The number of ether oxygens (including phenoxy) is 3. The van der Waals surface area contributed by atoms with Crippen molar-refractivity contribution < 1.29 is 28.6 Å². The lowest BCUT2D eigenvalue weighted by atomic mass is 10.1.